The van der Waals surface area contributed by atoms with E-state index in [1.807, 2.05) is 6.92 Å². The summed E-state index contributed by atoms with van der Waals surface area (Å²) in [5.74, 6) is 0.501. The number of rotatable bonds is 10. The molecule has 0 aromatic carbocycles. The van der Waals surface area contributed by atoms with Crippen LogP contribution in [0.4, 0.5) is 6.01 Å². The highest BCUT2D eigenvalue weighted by molar-refractivity contribution is 5.80. The summed E-state index contributed by atoms with van der Waals surface area (Å²) in [6.45, 7) is 4.79. The number of nitrogens with zero attached hydrogens (tertiary/aromatic N) is 4. The monoisotopic (exact) mass is 299 g/mol. The van der Waals surface area contributed by atoms with Crippen LogP contribution in [0.1, 0.15) is 19.2 Å². The van der Waals surface area contributed by atoms with Crippen molar-refractivity contribution >= 4 is 11.9 Å². The summed E-state index contributed by atoms with van der Waals surface area (Å²) < 4.78 is 10.5. The van der Waals surface area contributed by atoms with Gasteiger partial charge < -0.3 is 24.3 Å². The molecule has 0 atom stereocenters. The summed E-state index contributed by atoms with van der Waals surface area (Å²) in [6, 6.07) is 0.385. The number of anilines is 1. The van der Waals surface area contributed by atoms with Gasteiger partial charge in [0.1, 0.15) is 6.54 Å². The van der Waals surface area contributed by atoms with Crippen LogP contribution >= 0.6 is 0 Å². The number of nitrogens with one attached hydrogen (secondary N) is 1. The first-order chi connectivity index (χ1) is 10.1. The molecule has 0 bridgehead atoms. The molecule has 0 unspecified atom stereocenters. The molecule has 1 aromatic rings. The lowest BCUT2D eigenvalue weighted by atomic mass is 10.4. The van der Waals surface area contributed by atoms with Crippen molar-refractivity contribution in [3.63, 3.8) is 0 Å². The number of likely N-dealkylation sites (N-methyl/N-ethyl adjacent to an activating group) is 1. The minimum atomic E-state index is 0.00131. The van der Waals surface area contributed by atoms with Gasteiger partial charge in [0.2, 0.25) is 11.8 Å². The molecule has 1 aromatic heterocycles. The van der Waals surface area contributed by atoms with Crippen molar-refractivity contribution < 1.29 is 13.9 Å². The Bertz CT molecular complexity index is 422. The van der Waals surface area contributed by atoms with E-state index in [-0.39, 0.29) is 12.5 Å². The molecule has 0 aliphatic heterocycles. The lowest BCUT2D eigenvalue weighted by molar-refractivity contribution is -0.127. The van der Waals surface area contributed by atoms with Crippen LogP contribution in [0.5, 0.6) is 0 Å². The average molecular weight is 299 g/mol. The van der Waals surface area contributed by atoms with E-state index >= 15 is 0 Å². The highest BCUT2D eigenvalue weighted by Gasteiger charge is 2.17. The number of hydrogen-bond acceptors (Lipinski definition) is 7. The van der Waals surface area contributed by atoms with Crippen molar-refractivity contribution in [1.82, 2.24) is 20.4 Å². The molecule has 0 radical (unpaired) electrons. The molecule has 0 saturated heterocycles. The molecule has 1 N–H and O–H groups in total. The fourth-order valence-electron chi connectivity index (χ4n) is 1.63. The summed E-state index contributed by atoms with van der Waals surface area (Å²) >= 11 is 0. The minimum Gasteiger partial charge on any atom is -0.407 e. The normalized spacial score (nSPS) is 10.7. The van der Waals surface area contributed by atoms with Gasteiger partial charge in [-0.1, -0.05) is 12.0 Å². The highest BCUT2D eigenvalue weighted by atomic mass is 16.5. The lowest BCUT2D eigenvalue weighted by Gasteiger charge is -2.20. The quantitative estimate of drug-likeness (QED) is 0.614. The fourth-order valence-corrected chi connectivity index (χ4v) is 1.63. The summed E-state index contributed by atoms with van der Waals surface area (Å²) in [6.07, 6.45) is 0.893. The van der Waals surface area contributed by atoms with Crippen LogP contribution < -0.4 is 10.2 Å². The SMILES string of the molecule is CCCN(CC(=O)N(C)C)c1nnc(CNCCOC)o1. The maximum atomic E-state index is 11.8. The molecule has 120 valence electrons. The van der Waals surface area contributed by atoms with E-state index in [2.05, 4.69) is 15.5 Å². The second-order valence-corrected chi connectivity index (χ2v) is 4.86. The zero-order chi connectivity index (χ0) is 15.7. The third kappa shape index (κ3) is 6.09. The molecule has 8 nitrogen and oxygen atoms in total. The predicted molar refractivity (Wildman–Crippen MR) is 79.1 cm³/mol. The Kier molecular flexibility index (Phi) is 7.70. The van der Waals surface area contributed by atoms with Crippen LogP contribution in [0, 0.1) is 0 Å². The van der Waals surface area contributed by atoms with Crippen LogP contribution in [-0.2, 0) is 16.1 Å². The molecule has 1 heterocycles. The number of amides is 1. The Morgan fingerprint density at radius 1 is 1.38 bits per heavy atom. The summed E-state index contributed by atoms with van der Waals surface area (Å²) in [7, 11) is 5.10. The number of hydrogen-bond donors (Lipinski definition) is 1. The molecule has 8 heteroatoms. The molecule has 0 fully saturated rings. The van der Waals surface area contributed by atoms with Crippen molar-refractivity contribution in [3.8, 4) is 0 Å². The van der Waals surface area contributed by atoms with Crippen LogP contribution in [0.2, 0.25) is 0 Å². The van der Waals surface area contributed by atoms with Gasteiger partial charge in [0, 0.05) is 34.3 Å². The van der Waals surface area contributed by atoms with E-state index < -0.39 is 0 Å². The second kappa shape index (κ2) is 9.30. The van der Waals surface area contributed by atoms with E-state index in [4.69, 9.17) is 9.15 Å². The molecule has 0 spiro atoms. The van der Waals surface area contributed by atoms with Gasteiger partial charge in [-0.15, -0.1) is 5.10 Å². The number of aromatic nitrogens is 2. The Morgan fingerprint density at radius 2 is 2.14 bits per heavy atom. The van der Waals surface area contributed by atoms with Gasteiger partial charge in [0.05, 0.1) is 13.2 Å². The third-order valence-corrected chi connectivity index (χ3v) is 2.80. The molecule has 0 aliphatic rings. The van der Waals surface area contributed by atoms with E-state index in [0.29, 0.717) is 38.1 Å². The fraction of sp³-hybridized carbons (Fsp3) is 0.769. The van der Waals surface area contributed by atoms with Crippen molar-refractivity contribution in [2.24, 2.45) is 0 Å². The van der Waals surface area contributed by atoms with Gasteiger partial charge in [-0.25, -0.2) is 0 Å². The second-order valence-electron chi connectivity index (χ2n) is 4.86. The van der Waals surface area contributed by atoms with Gasteiger partial charge >= 0.3 is 6.01 Å². The van der Waals surface area contributed by atoms with Crippen LogP contribution in [0.3, 0.4) is 0 Å². The maximum absolute atomic E-state index is 11.8. The summed E-state index contributed by atoms with van der Waals surface area (Å²) in [4.78, 5) is 15.2. The van der Waals surface area contributed by atoms with E-state index in [0.717, 1.165) is 6.42 Å². The average Bonchev–Trinajstić information content (AvgIpc) is 2.91. The highest BCUT2D eigenvalue weighted by Crippen LogP contribution is 2.12. The number of ether oxygens (including phenoxy) is 1. The Morgan fingerprint density at radius 3 is 2.76 bits per heavy atom. The van der Waals surface area contributed by atoms with Gasteiger partial charge in [0.25, 0.3) is 0 Å². The molecular weight excluding hydrogens is 274 g/mol. The molecular formula is C13H25N5O3. The van der Waals surface area contributed by atoms with Crippen molar-refractivity contribution in [1.29, 1.82) is 0 Å². The summed E-state index contributed by atoms with van der Waals surface area (Å²) in [5.41, 5.74) is 0. The Labute approximate surface area is 125 Å². The topological polar surface area (TPSA) is 83.7 Å². The molecule has 21 heavy (non-hydrogen) atoms. The largest absolute Gasteiger partial charge is 0.407 e. The van der Waals surface area contributed by atoms with E-state index in [1.165, 1.54) is 0 Å². The van der Waals surface area contributed by atoms with Crippen molar-refractivity contribution in [3.05, 3.63) is 5.89 Å². The lowest BCUT2D eigenvalue weighted by Crippen LogP contribution is -2.37. The smallest absolute Gasteiger partial charge is 0.318 e. The molecule has 1 amide bonds. The van der Waals surface area contributed by atoms with Crippen LogP contribution in [0.15, 0.2) is 4.42 Å². The number of carbonyl (C=O) groups excluding carboxylic acids is 1. The first-order valence-corrected chi connectivity index (χ1v) is 7.05. The van der Waals surface area contributed by atoms with E-state index in [9.17, 15) is 4.79 Å². The van der Waals surface area contributed by atoms with E-state index in [1.54, 1.807) is 31.0 Å². The van der Waals surface area contributed by atoms with Crippen LogP contribution in [0.25, 0.3) is 0 Å². The molecule has 0 aliphatic carbocycles. The van der Waals surface area contributed by atoms with Crippen molar-refractivity contribution in [2.45, 2.75) is 19.9 Å². The number of carbonyl (C=O) groups is 1. The van der Waals surface area contributed by atoms with Crippen LogP contribution in [-0.4, -0.2) is 68.5 Å². The molecule has 0 saturated carbocycles. The zero-order valence-electron chi connectivity index (χ0n) is 13.3. The first-order valence-electron chi connectivity index (χ1n) is 7.05. The van der Waals surface area contributed by atoms with Gasteiger partial charge in [0.15, 0.2) is 0 Å². The third-order valence-electron chi connectivity index (χ3n) is 2.80. The Hall–Kier alpha value is -1.67. The van der Waals surface area contributed by atoms with Crippen molar-refractivity contribution in [2.75, 3.05) is 52.3 Å². The Balaban J connectivity index is 2.58. The van der Waals surface area contributed by atoms with Gasteiger partial charge in [-0.2, -0.15) is 0 Å². The van der Waals surface area contributed by atoms with Gasteiger partial charge in [-0.3, -0.25) is 4.79 Å². The number of methoxy groups -OCH3 is 1. The minimum absolute atomic E-state index is 0.00131. The van der Waals surface area contributed by atoms with Gasteiger partial charge in [-0.05, 0) is 6.42 Å². The standard InChI is InChI=1S/C13H25N5O3/c1-5-7-18(10-12(19)17(2)3)13-16-15-11(21-13)9-14-6-8-20-4/h14H,5-10H2,1-4H3. The first kappa shape index (κ1) is 17.4. The summed E-state index contributed by atoms with van der Waals surface area (Å²) in [5, 5.41) is 11.1. The predicted octanol–water partition coefficient (Wildman–Crippen LogP) is 0.110. The molecule has 1 rings (SSSR count). The zero-order valence-corrected chi connectivity index (χ0v) is 13.3. The maximum Gasteiger partial charge on any atom is 0.318 e.